The summed E-state index contributed by atoms with van der Waals surface area (Å²) in [6.07, 6.45) is 46.7. The standard InChI is InChI=1S/C43H73O8P/c1-4-7-9-11-13-15-17-19-20-21-22-23-24-26-28-30-32-34-36-38-43(45)51-41(40-50-52(46,47)49-6-3)39-48-42(44)37-35-33-31-29-27-25-18-16-14-12-10-8-5-2/h8,10,13-16,19-20,22-23,25,27,41H,4-7,9,11-12,17-18,21,24,26,28-40H2,1-3H3,(H,46,47)/b10-8-,15-13-,16-14-,20-19-,23-22-,27-25-. The lowest BCUT2D eigenvalue weighted by atomic mass is 10.1. The van der Waals surface area contributed by atoms with Gasteiger partial charge in [0.1, 0.15) is 6.61 Å². The fourth-order valence-electron chi connectivity index (χ4n) is 5.06. The Labute approximate surface area is 317 Å². The van der Waals surface area contributed by atoms with Gasteiger partial charge in [-0.15, -0.1) is 0 Å². The molecule has 0 aliphatic carbocycles. The molecule has 0 aliphatic heterocycles. The number of carbonyl (C=O) groups excluding carboxylic acids is 2. The second-order valence-electron chi connectivity index (χ2n) is 12.9. The fourth-order valence-corrected chi connectivity index (χ4v) is 5.82. The minimum atomic E-state index is -4.29. The van der Waals surface area contributed by atoms with Crippen LogP contribution in [0.25, 0.3) is 0 Å². The van der Waals surface area contributed by atoms with Crippen molar-refractivity contribution in [1.82, 2.24) is 0 Å². The lowest BCUT2D eigenvalue weighted by Crippen LogP contribution is -2.29. The normalized spacial score (nSPS) is 14.2. The zero-order valence-electron chi connectivity index (χ0n) is 32.9. The van der Waals surface area contributed by atoms with E-state index < -0.39 is 32.5 Å². The predicted octanol–water partition coefficient (Wildman–Crippen LogP) is 12.6. The Kier molecular flexibility index (Phi) is 36.4. The Hall–Kier alpha value is -2.51. The van der Waals surface area contributed by atoms with Crippen LogP contribution in [0.5, 0.6) is 0 Å². The maximum absolute atomic E-state index is 12.5. The molecule has 0 aromatic carbocycles. The van der Waals surface area contributed by atoms with Gasteiger partial charge in [-0.25, -0.2) is 4.57 Å². The summed E-state index contributed by atoms with van der Waals surface area (Å²) < 4.78 is 32.5. The highest BCUT2D eigenvalue weighted by Crippen LogP contribution is 2.43. The molecular formula is C43H73O8P. The van der Waals surface area contributed by atoms with Crippen LogP contribution in [0.4, 0.5) is 0 Å². The number of rotatable bonds is 36. The molecule has 2 atom stereocenters. The van der Waals surface area contributed by atoms with Crippen molar-refractivity contribution in [3.8, 4) is 0 Å². The number of esters is 2. The average molecular weight is 749 g/mol. The van der Waals surface area contributed by atoms with E-state index in [2.05, 4.69) is 86.8 Å². The second-order valence-corrected chi connectivity index (χ2v) is 14.4. The van der Waals surface area contributed by atoms with E-state index in [0.717, 1.165) is 89.9 Å². The van der Waals surface area contributed by atoms with Crippen molar-refractivity contribution >= 4 is 19.8 Å². The van der Waals surface area contributed by atoms with Gasteiger partial charge in [-0.05, 0) is 90.4 Å². The molecule has 8 nitrogen and oxygen atoms in total. The third kappa shape index (κ3) is 37.3. The molecular weight excluding hydrogens is 675 g/mol. The monoisotopic (exact) mass is 749 g/mol. The Bertz CT molecular complexity index is 1080. The van der Waals surface area contributed by atoms with Crippen LogP contribution in [0, 0.1) is 0 Å². The number of allylic oxidation sites excluding steroid dienone is 12. The molecule has 0 aromatic heterocycles. The molecule has 0 amide bonds. The van der Waals surface area contributed by atoms with Crippen LogP contribution in [0.2, 0.25) is 0 Å². The van der Waals surface area contributed by atoms with E-state index in [9.17, 15) is 19.0 Å². The Morgan fingerprint density at radius 2 is 0.981 bits per heavy atom. The lowest BCUT2D eigenvalue weighted by Gasteiger charge is -2.19. The van der Waals surface area contributed by atoms with Crippen molar-refractivity contribution in [2.75, 3.05) is 19.8 Å². The van der Waals surface area contributed by atoms with Crippen molar-refractivity contribution in [2.24, 2.45) is 0 Å². The summed E-state index contributed by atoms with van der Waals surface area (Å²) in [6, 6.07) is 0. The van der Waals surface area contributed by atoms with E-state index in [-0.39, 0.29) is 26.1 Å². The summed E-state index contributed by atoms with van der Waals surface area (Å²) in [6.45, 7) is 5.26. The van der Waals surface area contributed by atoms with Crippen LogP contribution in [-0.4, -0.2) is 42.8 Å². The highest BCUT2D eigenvalue weighted by Gasteiger charge is 2.25. The molecule has 0 bridgehead atoms. The maximum Gasteiger partial charge on any atom is 0.472 e. The third-order valence-electron chi connectivity index (χ3n) is 8.00. The number of ether oxygens (including phenoxy) is 2. The van der Waals surface area contributed by atoms with Crippen molar-refractivity contribution < 1.29 is 37.6 Å². The first kappa shape index (κ1) is 49.5. The molecule has 0 aliphatic rings. The van der Waals surface area contributed by atoms with Gasteiger partial charge in [-0.3, -0.25) is 18.6 Å². The van der Waals surface area contributed by atoms with E-state index in [1.54, 1.807) is 6.92 Å². The van der Waals surface area contributed by atoms with Crippen LogP contribution >= 0.6 is 7.82 Å². The third-order valence-corrected chi connectivity index (χ3v) is 9.06. The maximum atomic E-state index is 12.5. The molecule has 0 saturated carbocycles. The quantitative estimate of drug-likeness (QED) is 0.0292. The van der Waals surface area contributed by atoms with Crippen LogP contribution in [-0.2, 0) is 32.7 Å². The van der Waals surface area contributed by atoms with Crippen molar-refractivity contribution in [1.29, 1.82) is 0 Å². The second kappa shape index (κ2) is 38.2. The van der Waals surface area contributed by atoms with Gasteiger partial charge in [-0.2, -0.15) is 0 Å². The SMILES string of the molecule is CC/C=C\C/C=C\C/C=C\CCCCCC(=O)OCC(COP(=O)(O)OCC)OC(=O)CCCCCCCC/C=C\C/C=C\C/C=C\CCCCC. The number of phosphoric ester groups is 1. The average Bonchev–Trinajstić information content (AvgIpc) is 3.12. The number of hydrogen-bond acceptors (Lipinski definition) is 7. The zero-order chi connectivity index (χ0) is 38.2. The van der Waals surface area contributed by atoms with E-state index in [1.807, 2.05) is 0 Å². The van der Waals surface area contributed by atoms with Gasteiger partial charge in [0.15, 0.2) is 6.10 Å². The van der Waals surface area contributed by atoms with Gasteiger partial charge >= 0.3 is 19.8 Å². The van der Waals surface area contributed by atoms with E-state index >= 15 is 0 Å². The highest BCUT2D eigenvalue weighted by molar-refractivity contribution is 7.47. The van der Waals surface area contributed by atoms with E-state index in [1.165, 1.54) is 25.7 Å². The Morgan fingerprint density at radius 1 is 0.538 bits per heavy atom. The van der Waals surface area contributed by atoms with Gasteiger partial charge in [0.25, 0.3) is 0 Å². The smallest absolute Gasteiger partial charge is 0.462 e. The fraction of sp³-hybridized carbons (Fsp3) is 0.674. The van der Waals surface area contributed by atoms with Crippen LogP contribution in [0.15, 0.2) is 72.9 Å². The molecule has 52 heavy (non-hydrogen) atoms. The van der Waals surface area contributed by atoms with Gasteiger partial charge in [0, 0.05) is 12.8 Å². The van der Waals surface area contributed by atoms with Crippen molar-refractivity contribution in [3.05, 3.63) is 72.9 Å². The summed E-state index contributed by atoms with van der Waals surface area (Å²) in [5, 5.41) is 0. The largest absolute Gasteiger partial charge is 0.472 e. The summed E-state index contributed by atoms with van der Waals surface area (Å²) in [5.74, 6) is -0.854. The van der Waals surface area contributed by atoms with Gasteiger partial charge < -0.3 is 14.4 Å². The molecule has 0 saturated heterocycles. The van der Waals surface area contributed by atoms with Crippen molar-refractivity contribution in [3.63, 3.8) is 0 Å². The molecule has 0 fully saturated rings. The van der Waals surface area contributed by atoms with Crippen molar-refractivity contribution in [2.45, 2.75) is 168 Å². The molecule has 2 unspecified atom stereocenters. The molecule has 0 aromatic rings. The topological polar surface area (TPSA) is 108 Å². The van der Waals surface area contributed by atoms with Crippen LogP contribution < -0.4 is 0 Å². The summed E-state index contributed by atoms with van der Waals surface area (Å²) in [7, 11) is -4.29. The van der Waals surface area contributed by atoms with E-state index in [0.29, 0.717) is 12.8 Å². The minimum Gasteiger partial charge on any atom is -0.462 e. The van der Waals surface area contributed by atoms with Gasteiger partial charge in [0.05, 0.1) is 13.2 Å². The summed E-state index contributed by atoms with van der Waals surface area (Å²) in [4.78, 5) is 34.6. The Morgan fingerprint density at radius 3 is 1.50 bits per heavy atom. The molecule has 9 heteroatoms. The van der Waals surface area contributed by atoms with E-state index in [4.69, 9.17) is 18.5 Å². The first-order chi connectivity index (χ1) is 25.3. The number of unbranched alkanes of at least 4 members (excludes halogenated alkanes) is 12. The van der Waals surface area contributed by atoms with Gasteiger partial charge in [-0.1, -0.05) is 132 Å². The molecule has 0 radical (unpaired) electrons. The highest BCUT2D eigenvalue weighted by atomic mass is 31.2. The first-order valence-corrected chi connectivity index (χ1v) is 21.7. The number of carbonyl (C=O) groups is 2. The van der Waals surface area contributed by atoms with Gasteiger partial charge in [0.2, 0.25) is 0 Å². The summed E-state index contributed by atoms with van der Waals surface area (Å²) >= 11 is 0. The molecule has 298 valence electrons. The summed E-state index contributed by atoms with van der Waals surface area (Å²) in [5.41, 5.74) is 0. The van der Waals surface area contributed by atoms with Crippen LogP contribution in [0.1, 0.15) is 162 Å². The zero-order valence-corrected chi connectivity index (χ0v) is 33.8. The molecule has 0 heterocycles. The first-order valence-electron chi connectivity index (χ1n) is 20.2. The van der Waals surface area contributed by atoms with Crippen LogP contribution in [0.3, 0.4) is 0 Å². The molecule has 0 rings (SSSR count). The minimum absolute atomic E-state index is 0.0110. The lowest BCUT2D eigenvalue weighted by molar-refractivity contribution is -0.161. The number of phosphoric acid groups is 1. The molecule has 1 N–H and O–H groups in total. The Balaban J connectivity index is 4.19. The predicted molar refractivity (Wildman–Crippen MR) is 216 cm³/mol. The number of hydrogen-bond donors (Lipinski definition) is 1. The molecule has 0 spiro atoms.